The minimum Gasteiger partial charge on any atom is -0.355 e. The number of halogens is 1. The molecule has 1 aliphatic rings. The molecule has 1 aromatic carbocycles. The molecule has 0 atom stereocenters. The number of nitrogens with zero attached hydrogens (tertiary/aromatic N) is 2. The van der Waals surface area contributed by atoms with E-state index in [9.17, 15) is 9.59 Å². The van der Waals surface area contributed by atoms with Crippen molar-refractivity contribution < 1.29 is 9.59 Å². The number of anilines is 1. The van der Waals surface area contributed by atoms with E-state index in [2.05, 4.69) is 0 Å². The highest BCUT2D eigenvalue weighted by atomic mass is 35.5. The smallest absolute Gasteiger partial charge is 0.247 e. The molecule has 1 heterocycles. The van der Waals surface area contributed by atoms with E-state index < -0.39 is 5.54 Å². The first kappa shape index (κ1) is 13.9. The van der Waals surface area contributed by atoms with Gasteiger partial charge in [-0.2, -0.15) is 0 Å². The van der Waals surface area contributed by atoms with Crippen molar-refractivity contribution in [1.82, 2.24) is 4.90 Å². The maximum atomic E-state index is 12.3. The molecule has 0 saturated carbocycles. The molecule has 0 radical (unpaired) electrons. The second-order valence-corrected chi connectivity index (χ2v) is 5.69. The Morgan fingerprint density at radius 1 is 1.32 bits per heavy atom. The molecule has 1 saturated heterocycles. The minimum atomic E-state index is -0.668. The number of rotatable bonds is 2. The third-order valence-electron chi connectivity index (χ3n) is 3.61. The van der Waals surface area contributed by atoms with Crippen LogP contribution in [0.25, 0.3) is 0 Å². The summed E-state index contributed by atoms with van der Waals surface area (Å²) in [6, 6.07) is 5.16. The second-order valence-electron chi connectivity index (χ2n) is 5.26. The standard InChI is InChI=1S/C14H17ClN2O2/c1-14(2)13(19)16(3)6-7-17(14)12-5-4-11(15)8-10(12)9-18/h4-5,8-9H,6-7H2,1-3H3. The Balaban J connectivity index is 2.47. The molecule has 1 fully saturated rings. The van der Waals surface area contributed by atoms with Crippen LogP contribution >= 0.6 is 11.6 Å². The number of aldehydes is 1. The lowest BCUT2D eigenvalue weighted by Crippen LogP contribution is -2.62. The minimum absolute atomic E-state index is 0.0468. The molecule has 0 aliphatic carbocycles. The Morgan fingerprint density at radius 3 is 2.63 bits per heavy atom. The molecule has 0 bridgehead atoms. The summed E-state index contributed by atoms with van der Waals surface area (Å²) in [7, 11) is 1.80. The fourth-order valence-corrected chi connectivity index (χ4v) is 2.68. The number of likely N-dealkylation sites (N-methyl/N-ethyl adjacent to an activating group) is 1. The topological polar surface area (TPSA) is 40.6 Å². The van der Waals surface area contributed by atoms with Crippen LogP contribution in [0.1, 0.15) is 24.2 Å². The maximum absolute atomic E-state index is 12.3. The van der Waals surface area contributed by atoms with Gasteiger partial charge in [-0.05, 0) is 32.0 Å². The fraction of sp³-hybridized carbons (Fsp3) is 0.429. The van der Waals surface area contributed by atoms with Crippen molar-refractivity contribution in [1.29, 1.82) is 0 Å². The van der Waals surface area contributed by atoms with Crippen molar-refractivity contribution in [2.24, 2.45) is 0 Å². The van der Waals surface area contributed by atoms with E-state index in [4.69, 9.17) is 11.6 Å². The van der Waals surface area contributed by atoms with Gasteiger partial charge in [0.05, 0.1) is 0 Å². The second kappa shape index (κ2) is 4.85. The normalized spacial score (nSPS) is 18.6. The Hall–Kier alpha value is -1.55. The number of hydrogen-bond acceptors (Lipinski definition) is 3. The summed E-state index contributed by atoms with van der Waals surface area (Å²) < 4.78 is 0. The summed E-state index contributed by atoms with van der Waals surface area (Å²) >= 11 is 5.90. The summed E-state index contributed by atoms with van der Waals surface area (Å²) in [4.78, 5) is 27.1. The van der Waals surface area contributed by atoms with Crippen molar-refractivity contribution in [3.63, 3.8) is 0 Å². The first-order valence-electron chi connectivity index (χ1n) is 6.16. The highest BCUT2D eigenvalue weighted by Crippen LogP contribution is 2.31. The average Bonchev–Trinajstić information content (AvgIpc) is 2.37. The van der Waals surface area contributed by atoms with Crippen LogP contribution in [0.3, 0.4) is 0 Å². The first-order valence-corrected chi connectivity index (χ1v) is 6.53. The molecule has 0 spiro atoms. The number of piperazine rings is 1. The molecular formula is C14H17ClN2O2. The van der Waals surface area contributed by atoms with Gasteiger partial charge in [0, 0.05) is 36.4 Å². The van der Waals surface area contributed by atoms with Gasteiger partial charge < -0.3 is 9.80 Å². The summed E-state index contributed by atoms with van der Waals surface area (Å²) in [6.45, 7) is 5.07. The molecular weight excluding hydrogens is 264 g/mol. The molecule has 19 heavy (non-hydrogen) atoms. The Labute approximate surface area is 117 Å². The van der Waals surface area contributed by atoms with Crippen molar-refractivity contribution in [2.45, 2.75) is 19.4 Å². The van der Waals surface area contributed by atoms with Crippen LogP contribution in [0.15, 0.2) is 18.2 Å². The monoisotopic (exact) mass is 280 g/mol. The van der Waals surface area contributed by atoms with E-state index in [1.165, 1.54) is 0 Å². The van der Waals surface area contributed by atoms with Gasteiger partial charge in [-0.25, -0.2) is 0 Å². The van der Waals surface area contributed by atoms with Gasteiger partial charge in [0.2, 0.25) is 5.91 Å². The van der Waals surface area contributed by atoms with E-state index in [1.54, 1.807) is 30.1 Å². The van der Waals surface area contributed by atoms with Crippen LogP contribution in [0.2, 0.25) is 5.02 Å². The maximum Gasteiger partial charge on any atom is 0.247 e. The molecule has 5 heteroatoms. The molecule has 0 aromatic heterocycles. The molecule has 1 amide bonds. The van der Waals surface area contributed by atoms with E-state index in [1.807, 2.05) is 18.7 Å². The van der Waals surface area contributed by atoms with Crippen LogP contribution < -0.4 is 4.90 Å². The van der Waals surface area contributed by atoms with E-state index in [-0.39, 0.29) is 5.91 Å². The summed E-state index contributed by atoms with van der Waals surface area (Å²) in [5, 5.41) is 0.518. The summed E-state index contributed by atoms with van der Waals surface area (Å²) in [5.41, 5.74) is 0.599. The predicted octanol–water partition coefficient (Wildman–Crippen LogP) is 2.21. The number of hydrogen-bond donors (Lipinski definition) is 0. The van der Waals surface area contributed by atoms with Crippen LogP contribution in [0.4, 0.5) is 5.69 Å². The van der Waals surface area contributed by atoms with Gasteiger partial charge in [-0.15, -0.1) is 0 Å². The van der Waals surface area contributed by atoms with Gasteiger partial charge in [-0.3, -0.25) is 9.59 Å². The van der Waals surface area contributed by atoms with Crippen molar-refractivity contribution in [3.8, 4) is 0 Å². The van der Waals surface area contributed by atoms with Crippen molar-refractivity contribution >= 4 is 29.5 Å². The van der Waals surface area contributed by atoms with E-state index >= 15 is 0 Å². The van der Waals surface area contributed by atoms with Crippen molar-refractivity contribution in [2.75, 3.05) is 25.0 Å². The lowest BCUT2D eigenvalue weighted by atomic mass is 9.96. The third kappa shape index (κ3) is 2.32. The lowest BCUT2D eigenvalue weighted by Gasteiger charge is -2.46. The lowest BCUT2D eigenvalue weighted by molar-refractivity contribution is -0.136. The van der Waals surface area contributed by atoms with E-state index in [0.717, 1.165) is 12.0 Å². The summed E-state index contributed by atoms with van der Waals surface area (Å²) in [5.74, 6) is 0.0468. The Kier molecular flexibility index (Phi) is 3.54. The van der Waals surface area contributed by atoms with Gasteiger partial charge in [0.1, 0.15) is 5.54 Å². The van der Waals surface area contributed by atoms with Crippen molar-refractivity contribution in [3.05, 3.63) is 28.8 Å². The third-order valence-corrected chi connectivity index (χ3v) is 3.85. The van der Waals surface area contributed by atoms with E-state index in [0.29, 0.717) is 23.7 Å². The Morgan fingerprint density at radius 2 is 2.00 bits per heavy atom. The number of carbonyl (C=O) groups is 2. The quantitative estimate of drug-likeness (QED) is 0.780. The SMILES string of the molecule is CN1CCN(c2ccc(Cl)cc2C=O)C(C)(C)C1=O. The van der Waals surface area contributed by atoms with Crippen LogP contribution in [-0.2, 0) is 4.79 Å². The highest BCUT2D eigenvalue weighted by molar-refractivity contribution is 6.31. The van der Waals surface area contributed by atoms with Crippen LogP contribution in [-0.4, -0.2) is 42.8 Å². The summed E-state index contributed by atoms with van der Waals surface area (Å²) in [6.07, 6.45) is 0.778. The molecule has 2 rings (SSSR count). The zero-order chi connectivity index (χ0) is 14.2. The predicted molar refractivity (Wildman–Crippen MR) is 75.9 cm³/mol. The number of carbonyl (C=O) groups excluding carboxylic acids is 2. The molecule has 0 N–H and O–H groups in total. The van der Waals surface area contributed by atoms with Gasteiger partial charge in [-0.1, -0.05) is 11.6 Å². The number of benzene rings is 1. The first-order chi connectivity index (χ1) is 8.87. The molecule has 102 valence electrons. The molecule has 1 aliphatic heterocycles. The van der Waals surface area contributed by atoms with Gasteiger partial charge in [0.15, 0.2) is 6.29 Å². The highest BCUT2D eigenvalue weighted by Gasteiger charge is 2.41. The zero-order valence-electron chi connectivity index (χ0n) is 11.3. The zero-order valence-corrected chi connectivity index (χ0v) is 12.1. The molecule has 0 unspecified atom stereocenters. The van der Waals surface area contributed by atoms with Gasteiger partial charge >= 0.3 is 0 Å². The van der Waals surface area contributed by atoms with Crippen LogP contribution in [0.5, 0.6) is 0 Å². The average molecular weight is 281 g/mol. The molecule has 1 aromatic rings. The van der Waals surface area contributed by atoms with Crippen LogP contribution in [0, 0.1) is 0 Å². The Bertz CT molecular complexity index is 528. The van der Waals surface area contributed by atoms with Gasteiger partial charge in [0.25, 0.3) is 0 Å². The fourth-order valence-electron chi connectivity index (χ4n) is 2.50. The molecule has 4 nitrogen and oxygen atoms in total. The number of amides is 1. The largest absolute Gasteiger partial charge is 0.355 e.